The molecule has 0 unspecified atom stereocenters. The van der Waals surface area contributed by atoms with Crippen LogP contribution in [0.1, 0.15) is 29.0 Å². The zero-order valence-electron chi connectivity index (χ0n) is 16.0. The number of halogens is 3. The number of likely N-dealkylation sites (tertiary alicyclic amines) is 2. The van der Waals surface area contributed by atoms with Gasteiger partial charge in [-0.25, -0.2) is 9.78 Å². The van der Waals surface area contributed by atoms with Gasteiger partial charge in [-0.1, -0.05) is 6.07 Å². The minimum absolute atomic E-state index is 0.0285. The molecule has 1 aromatic rings. The number of hydrogen-bond donors (Lipinski definition) is 1. The monoisotopic (exact) mass is 417 g/mol. The van der Waals surface area contributed by atoms with Gasteiger partial charge in [0.2, 0.25) is 5.91 Å². The van der Waals surface area contributed by atoms with Gasteiger partial charge in [0.1, 0.15) is 5.69 Å². The van der Waals surface area contributed by atoms with Gasteiger partial charge in [0.25, 0.3) is 5.91 Å². The standard InChI is InChI=1S/C16H21N3O3.C2HF3O2/c1-11-4-3-5-12(17-11)16(21)19-7-6-13-14(19)10-15(20)18(13)8-9-22-2;3-2(4,5)1(6)7/h3-5,13-14H,6-10H2,1-2H3;(H,6,7)/t13-,14+;/m1./s1. The molecule has 0 saturated carbocycles. The summed E-state index contributed by atoms with van der Waals surface area (Å²) in [6.45, 7) is 3.68. The molecule has 1 aromatic heterocycles. The average molecular weight is 417 g/mol. The molecule has 2 aliphatic heterocycles. The van der Waals surface area contributed by atoms with Crippen LogP contribution in [0.3, 0.4) is 0 Å². The molecule has 2 saturated heterocycles. The van der Waals surface area contributed by atoms with Crippen molar-refractivity contribution in [3.63, 3.8) is 0 Å². The number of aryl methyl sites for hydroxylation is 1. The van der Waals surface area contributed by atoms with E-state index in [0.717, 1.165) is 12.1 Å². The number of methoxy groups -OCH3 is 1. The van der Waals surface area contributed by atoms with Crippen LogP contribution in [0.25, 0.3) is 0 Å². The van der Waals surface area contributed by atoms with Crippen molar-refractivity contribution in [2.45, 2.75) is 38.0 Å². The van der Waals surface area contributed by atoms with Crippen LogP contribution in [0.15, 0.2) is 18.2 Å². The normalized spacial score (nSPS) is 20.9. The Morgan fingerprint density at radius 1 is 1.31 bits per heavy atom. The second-order valence-corrected chi connectivity index (χ2v) is 6.67. The second kappa shape index (κ2) is 9.21. The minimum atomic E-state index is -5.08. The Labute approximate surface area is 165 Å². The van der Waals surface area contributed by atoms with E-state index in [1.54, 1.807) is 13.2 Å². The number of hydrogen-bond acceptors (Lipinski definition) is 5. The zero-order valence-corrected chi connectivity index (χ0v) is 16.0. The summed E-state index contributed by atoms with van der Waals surface area (Å²) in [6.07, 6.45) is -3.84. The van der Waals surface area contributed by atoms with E-state index < -0.39 is 12.1 Å². The maximum atomic E-state index is 12.7. The predicted molar refractivity (Wildman–Crippen MR) is 94.1 cm³/mol. The molecule has 2 aliphatic rings. The molecule has 0 radical (unpaired) electrons. The molecule has 2 amide bonds. The first-order chi connectivity index (χ1) is 13.6. The van der Waals surface area contributed by atoms with Crippen LogP contribution in [0.4, 0.5) is 13.2 Å². The molecule has 0 aliphatic carbocycles. The third kappa shape index (κ3) is 5.43. The van der Waals surface area contributed by atoms with Crippen molar-refractivity contribution in [3.05, 3.63) is 29.6 Å². The second-order valence-electron chi connectivity index (χ2n) is 6.67. The fourth-order valence-corrected chi connectivity index (χ4v) is 3.47. The lowest BCUT2D eigenvalue weighted by molar-refractivity contribution is -0.192. The Balaban J connectivity index is 0.000000370. The molecular formula is C18H22F3N3O5. The van der Waals surface area contributed by atoms with Gasteiger partial charge in [-0.3, -0.25) is 9.59 Å². The largest absolute Gasteiger partial charge is 0.490 e. The number of ether oxygens (including phenoxy) is 1. The van der Waals surface area contributed by atoms with Crippen molar-refractivity contribution in [1.82, 2.24) is 14.8 Å². The Bertz CT molecular complexity index is 771. The number of carboxylic acids is 1. The van der Waals surface area contributed by atoms with E-state index in [0.29, 0.717) is 31.8 Å². The smallest absolute Gasteiger partial charge is 0.475 e. The van der Waals surface area contributed by atoms with Crippen LogP contribution in [0.2, 0.25) is 0 Å². The van der Waals surface area contributed by atoms with Crippen LogP contribution in [-0.2, 0) is 14.3 Å². The first-order valence-electron chi connectivity index (χ1n) is 8.89. The molecule has 160 valence electrons. The number of pyridine rings is 1. The Morgan fingerprint density at radius 3 is 2.52 bits per heavy atom. The van der Waals surface area contributed by atoms with Gasteiger partial charge >= 0.3 is 12.1 Å². The molecular weight excluding hydrogens is 395 g/mol. The SMILES string of the molecule is COCCN1C(=O)C[C@H]2[C@H]1CCN2C(=O)c1cccc(C)n1.O=C(O)C(F)(F)F. The Morgan fingerprint density at radius 2 is 1.97 bits per heavy atom. The first kappa shape index (κ1) is 22.6. The fourth-order valence-electron chi connectivity index (χ4n) is 3.47. The van der Waals surface area contributed by atoms with Crippen LogP contribution in [0.5, 0.6) is 0 Å². The van der Waals surface area contributed by atoms with Crippen molar-refractivity contribution >= 4 is 17.8 Å². The fraction of sp³-hybridized carbons (Fsp3) is 0.556. The lowest BCUT2D eigenvalue weighted by atomic mass is 10.1. The molecule has 3 rings (SSSR count). The number of carbonyl (C=O) groups is 3. The highest BCUT2D eigenvalue weighted by Crippen LogP contribution is 2.33. The van der Waals surface area contributed by atoms with Crippen molar-refractivity contribution in [2.24, 2.45) is 0 Å². The number of nitrogens with zero attached hydrogens (tertiary/aromatic N) is 3. The van der Waals surface area contributed by atoms with E-state index in [1.807, 2.05) is 28.9 Å². The number of amides is 2. The number of carbonyl (C=O) groups excluding carboxylic acids is 2. The number of alkyl halides is 3. The predicted octanol–water partition coefficient (Wildman–Crippen LogP) is 1.49. The molecule has 1 N–H and O–H groups in total. The van der Waals surface area contributed by atoms with Crippen LogP contribution < -0.4 is 0 Å². The molecule has 3 heterocycles. The number of carboxylic acid groups (broad SMARTS) is 1. The van der Waals surface area contributed by atoms with Gasteiger partial charge in [0, 0.05) is 32.3 Å². The van der Waals surface area contributed by atoms with Crippen LogP contribution >= 0.6 is 0 Å². The van der Waals surface area contributed by atoms with Crippen LogP contribution in [-0.4, -0.2) is 82.7 Å². The molecule has 2 fully saturated rings. The van der Waals surface area contributed by atoms with Gasteiger partial charge in [0.15, 0.2) is 0 Å². The molecule has 0 aromatic carbocycles. The molecule has 2 atom stereocenters. The van der Waals surface area contributed by atoms with Gasteiger partial charge in [-0.2, -0.15) is 13.2 Å². The lowest BCUT2D eigenvalue weighted by Crippen LogP contribution is -2.41. The summed E-state index contributed by atoms with van der Waals surface area (Å²) in [4.78, 5) is 41.7. The van der Waals surface area contributed by atoms with Crippen molar-refractivity contribution in [3.8, 4) is 0 Å². The summed E-state index contributed by atoms with van der Waals surface area (Å²) in [6, 6.07) is 5.54. The molecule has 0 bridgehead atoms. The van der Waals surface area contributed by atoms with Crippen molar-refractivity contribution in [2.75, 3.05) is 26.8 Å². The summed E-state index contributed by atoms with van der Waals surface area (Å²) in [7, 11) is 1.63. The molecule has 8 nitrogen and oxygen atoms in total. The zero-order chi connectivity index (χ0) is 21.8. The molecule has 11 heteroatoms. The number of fused-ring (bicyclic) bond motifs is 1. The summed E-state index contributed by atoms with van der Waals surface area (Å²) >= 11 is 0. The van der Waals surface area contributed by atoms with E-state index in [4.69, 9.17) is 14.6 Å². The maximum absolute atomic E-state index is 12.7. The van der Waals surface area contributed by atoms with E-state index in [1.165, 1.54) is 0 Å². The third-order valence-corrected chi connectivity index (χ3v) is 4.76. The Kier molecular flexibility index (Phi) is 7.17. The highest BCUT2D eigenvalue weighted by Gasteiger charge is 2.48. The number of aromatic nitrogens is 1. The summed E-state index contributed by atoms with van der Waals surface area (Å²) in [5.74, 6) is -2.72. The van der Waals surface area contributed by atoms with E-state index >= 15 is 0 Å². The van der Waals surface area contributed by atoms with Gasteiger partial charge in [-0.05, 0) is 25.5 Å². The first-order valence-corrected chi connectivity index (χ1v) is 8.89. The number of aliphatic carboxylic acids is 1. The average Bonchev–Trinajstić information content (AvgIpc) is 3.17. The Hall–Kier alpha value is -2.69. The van der Waals surface area contributed by atoms with Crippen molar-refractivity contribution in [1.29, 1.82) is 0 Å². The summed E-state index contributed by atoms with van der Waals surface area (Å²) in [5, 5.41) is 7.12. The lowest BCUT2D eigenvalue weighted by Gasteiger charge is -2.25. The maximum Gasteiger partial charge on any atom is 0.490 e. The van der Waals surface area contributed by atoms with Gasteiger partial charge in [0.05, 0.1) is 18.7 Å². The summed E-state index contributed by atoms with van der Waals surface area (Å²) < 4.78 is 36.8. The van der Waals surface area contributed by atoms with Crippen LogP contribution in [0, 0.1) is 6.92 Å². The van der Waals surface area contributed by atoms with Crippen molar-refractivity contribution < 1.29 is 37.4 Å². The third-order valence-electron chi connectivity index (χ3n) is 4.76. The number of rotatable bonds is 4. The van der Waals surface area contributed by atoms with E-state index in [-0.39, 0.29) is 23.9 Å². The van der Waals surface area contributed by atoms with Gasteiger partial charge < -0.3 is 19.6 Å². The highest BCUT2D eigenvalue weighted by molar-refractivity contribution is 5.94. The molecule has 29 heavy (non-hydrogen) atoms. The van der Waals surface area contributed by atoms with Gasteiger partial charge in [-0.15, -0.1) is 0 Å². The quantitative estimate of drug-likeness (QED) is 0.797. The summed E-state index contributed by atoms with van der Waals surface area (Å²) in [5.41, 5.74) is 1.29. The topological polar surface area (TPSA) is 100 Å². The molecule has 0 spiro atoms. The van der Waals surface area contributed by atoms with E-state index in [2.05, 4.69) is 4.98 Å². The van der Waals surface area contributed by atoms with E-state index in [9.17, 15) is 22.8 Å². The highest BCUT2D eigenvalue weighted by atomic mass is 19.4. The minimum Gasteiger partial charge on any atom is -0.475 e.